The Balaban J connectivity index is 1.60. The van der Waals surface area contributed by atoms with E-state index in [4.69, 9.17) is 21.1 Å². The van der Waals surface area contributed by atoms with Gasteiger partial charge in [0.15, 0.2) is 28.2 Å². The van der Waals surface area contributed by atoms with Crippen molar-refractivity contribution in [1.29, 1.82) is 0 Å². The minimum atomic E-state index is -4.35. The highest BCUT2D eigenvalue weighted by molar-refractivity contribution is 7.98. The van der Waals surface area contributed by atoms with Gasteiger partial charge in [0.25, 0.3) is 0 Å². The van der Waals surface area contributed by atoms with Crippen molar-refractivity contribution < 1.29 is 32.1 Å². The third-order valence-corrected chi connectivity index (χ3v) is 5.23. The summed E-state index contributed by atoms with van der Waals surface area (Å²) in [5.74, 6) is 0.800. The fourth-order valence-electron chi connectivity index (χ4n) is 2.71. The van der Waals surface area contributed by atoms with Crippen LogP contribution in [0.1, 0.15) is 5.69 Å². The van der Waals surface area contributed by atoms with Crippen molar-refractivity contribution in [3.63, 3.8) is 0 Å². The Labute approximate surface area is 171 Å². The second-order valence-corrected chi connectivity index (χ2v) is 7.33. The first-order valence-electron chi connectivity index (χ1n) is 8.10. The zero-order valence-electron chi connectivity index (χ0n) is 15.0. The number of nitrogens with zero attached hydrogens (tertiary/aromatic N) is 2. The number of imidazole rings is 1. The van der Waals surface area contributed by atoms with E-state index in [1.54, 1.807) is 12.3 Å². The number of benzene rings is 1. The summed E-state index contributed by atoms with van der Waals surface area (Å²) in [4.78, 5) is 11.6. The van der Waals surface area contributed by atoms with E-state index in [0.717, 1.165) is 0 Å². The summed E-state index contributed by atoms with van der Waals surface area (Å²) in [6.07, 6.45) is -2.75. The van der Waals surface area contributed by atoms with E-state index in [9.17, 15) is 13.2 Å². The number of halogens is 4. The van der Waals surface area contributed by atoms with Crippen LogP contribution in [-0.4, -0.2) is 40.6 Å². The van der Waals surface area contributed by atoms with Crippen molar-refractivity contribution in [2.24, 2.45) is 0 Å². The molecule has 29 heavy (non-hydrogen) atoms. The quantitative estimate of drug-likeness (QED) is 0.456. The number of pyridine rings is 1. The predicted molar refractivity (Wildman–Crippen MR) is 98.9 cm³/mol. The number of aromatic amines is 1. The topological polar surface area (TPSA) is 78.5 Å². The Kier molecular flexibility index (Phi) is 4.82. The van der Waals surface area contributed by atoms with Crippen molar-refractivity contribution in [2.75, 3.05) is 14.2 Å². The summed E-state index contributed by atoms with van der Waals surface area (Å²) in [7, 11) is 3.04. The maximum atomic E-state index is 13.8. The van der Waals surface area contributed by atoms with Gasteiger partial charge in [0, 0.05) is 30.1 Å². The van der Waals surface area contributed by atoms with Crippen LogP contribution in [0.25, 0.3) is 11.0 Å². The van der Waals surface area contributed by atoms with Gasteiger partial charge in [-0.25, -0.2) is 4.98 Å². The van der Waals surface area contributed by atoms with Gasteiger partial charge in [-0.1, -0.05) is 11.8 Å². The van der Waals surface area contributed by atoms with Crippen LogP contribution in [-0.2, 0) is 5.75 Å². The van der Waals surface area contributed by atoms with Crippen LogP contribution in [0.2, 0.25) is 0 Å². The van der Waals surface area contributed by atoms with Crippen LogP contribution in [0.5, 0.6) is 23.0 Å². The average Bonchev–Trinajstić information content (AvgIpc) is 3.06. The molecule has 2 aromatic heterocycles. The molecule has 0 amide bonds. The highest BCUT2D eigenvalue weighted by Gasteiger charge is 2.63. The summed E-state index contributed by atoms with van der Waals surface area (Å²) < 4.78 is 60.5. The number of rotatable bonds is 5. The molecule has 1 aromatic carbocycles. The number of nitrogens with one attached hydrogen (secondary N) is 1. The first-order valence-corrected chi connectivity index (χ1v) is 9.46. The highest BCUT2D eigenvalue weighted by atomic mass is 35.5. The van der Waals surface area contributed by atoms with Gasteiger partial charge in [-0.15, -0.1) is 0 Å². The molecule has 1 aliphatic heterocycles. The molecule has 7 nitrogen and oxygen atoms in total. The molecule has 0 saturated carbocycles. The second-order valence-electron chi connectivity index (χ2n) is 5.88. The minimum Gasteiger partial charge on any atom is -0.493 e. The summed E-state index contributed by atoms with van der Waals surface area (Å²) in [5, 5.41) is -3.34. The Morgan fingerprint density at radius 3 is 2.66 bits per heavy atom. The number of alkyl halides is 4. The molecule has 1 unspecified atom stereocenters. The molecule has 3 aromatic rings. The van der Waals surface area contributed by atoms with Crippen molar-refractivity contribution in [2.45, 2.75) is 22.3 Å². The second kappa shape index (κ2) is 7.06. The third-order valence-electron chi connectivity index (χ3n) is 4.05. The van der Waals surface area contributed by atoms with Crippen LogP contribution in [0.15, 0.2) is 29.6 Å². The van der Waals surface area contributed by atoms with Gasteiger partial charge in [-0.3, -0.25) is 4.98 Å². The molecule has 4 rings (SSSR count). The standard InChI is InChI=1S/C17H13ClF3N3O4S/c1-25-11-3-4-22-10(14(11)26-2)7-29-15-23-8-5-12-13(6-9(8)24-15)28-17(20,21)16(18,19)27-12/h3-6H,7H2,1-2H3,(H,23,24). The Morgan fingerprint density at radius 1 is 1.17 bits per heavy atom. The summed E-state index contributed by atoms with van der Waals surface area (Å²) >= 11 is 6.39. The fourth-order valence-corrected chi connectivity index (χ4v) is 3.65. The Bertz CT molecular complexity index is 1030. The van der Waals surface area contributed by atoms with Crippen molar-refractivity contribution in [3.8, 4) is 23.0 Å². The number of hydrogen-bond donors (Lipinski definition) is 1. The van der Waals surface area contributed by atoms with Crippen LogP contribution >= 0.6 is 23.4 Å². The Hall–Kier alpha value is -2.53. The number of fused-ring (bicyclic) bond motifs is 2. The summed E-state index contributed by atoms with van der Waals surface area (Å²) in [6, 6.07) is 4.18. The number of aromatic nitrogens is 3. The van der Waals surface area contributed by atoms with E-state index < -0.39 is 11.4 Å². The molecule has 0 radical (unpaired) electrons. The van der Waals surface area contributed by atoms with Gasteiger partial charge < -0.3 is 23.9 Å². The number of hydrogen-bond acceptors (Lipinski definition) is 7. The van der Waals surface area contributed by atoms with Gasteiger partial charge in [0.05, 0.1) is 30.9 Å². The largest absolute Gasteiger partial charge is 0.493 e. The van der Waals surface area contributed by atoms with Gasteiger partial charge in [-0.2, -0.15) is 13.2 Å². The lowest BCUT2D eigenvalue weighted by Crippen LogP contribution is -2.51. The van der Waals surface area contributed by atoms with Crippen LogP contribution in [0.3, 0.4) is 0 Å². The zero-order chi connectivity index (χ0) is 20.8. The van der Waals surface area contributed by atoms with Crippen LogP contribution in [0.4, 0.5) is 13.2 Å². The van der Waals surface area contributed by atoms with Crippen molar-refractivity contribution in [3.05, 3.63) is 30.1 Å². The van der Waals surface area contributed by atoms with Crippen LogP contribution in [0, 0.1) is 0 Å². The SMILES string of the molecule is COc1ccnc(CSc2nc3cc4c(cc3[nH]2)OC(F)(F)C(F)(Cl)O4)c1OC. The number of thioether (sulfide) groups is 1. The van der Waals surface area contributed by atoms with Gasteiger partial charge >= 0.3 is 11.4 Å². The summed E-state index contributed by atoms with van der Waals surface area (Å²) in [5.41, 5.74) is 1.39. The van der Waals surface area contributed by atoms with Crippen molar-refractivity contribution >= 4 is 34.4 Å². The van der Waals surface area contributed by atoms with Crippen molar-refractivity contribution in [1.82, 2.24) is 15.0 Å². The maximum Gasteiger partial charge on any atom is 0.488 e. The number of H-pyrrole nitrogens is 1. The molecule has 0 aliphatic carbocycles. The highest BCUT2D eigenvalue weighted by Crippen LogP contribution is 2.49. The molecule has 0 spiro atoms. The maximum absolute atomic E-state index is 13.8. The molecule has 1 aliphatic rings. The smallest absolute Gasteiger partial charge is 0.488 e. The molecular formula is C17H13ClF3N3O4S. The van der Waals surface area contributed by atoms with E-state index in [-0.39, 0.29) is 11.5 Å². The first kappa shape index (κ1) is 19.8. The normalized spacial score (nSPS) is 19.9. The van der Waals surface area contributed by atoms with E-state index in [0.29, 0.717) is 39.1 Å². The molecular weight excluding hydrogens is 435 g/mol. The van der Waals surface area contributed by atoms with Gasteiger partial charge in [-0.05, 0) is 11.6 Å². The third kappa shape index (κ3) is 3.48. The van der Waals surface area contributed by atoms with E-state index >= 15 is 0 Å². The Morgan fingerprint density at radius 2 is 1.93 bits per heavy atom. The van der Waals surface area contributed by atoms with Crippen LogP contribution < -0.4 is 18.9 Å². The molecule has 154 valence electrons. The monoisotopic (exact) mass is 447 g/mol. The lowest BCUT2D eigenvalue weighted by atomic mass is 10.2. The van der Waals surface area contributed by atoms with E-state index in [2.05, 4.69) is 24.4 Å². The first-order chi connectivity index (χ1) is 13.7. The predicted octanol–water partition coefficient (Wildman–Crippen LogP) is 4.49. The van der Waals surface area contributed by atoms with E-state index in [1.807, 2.05) is 0 Å². The molecule has 3 heterocycles. The molecule has 12 heteroatoms. The number of methoxy groups -OCH3 is 2. The number of ether oxygens (including phenoxy) is 4. The minimum absolute atomic E-state index is 0.278. The fraction of sp³-hybridized carbons (Fsp3) is 0.294. The lowest BCUT2D eigenvalue weighted by molar-refractivity contribution is -0.303. The molecule has 0 saturated heterocycles. The molecule has 0 bridgehead atoms. The summed E-state index contributed by atoms with van der Waals surface area (Å²) in [6.45, 7) is 0. The van der Waals surface area contributed by atoms with Gasteiger partial charge in [0.2, 0.25) is 0 Å². The molecule has 1 N–H and O–H groups in total. The van der Waals surface area contributed by atoms with Gasteiger partial charge in [0.1, 0.15) is 0 Å². The lowest BCUT2D eigenvalue weighted by Gasteiger charge is -2.33. The van der Waals surface area contributed by atoms with E-state index in [1.165, 1.54) is 38.1 Å². The zero-order valence-corrected chi connectivity index (χ0v) is 16.5. The average molecular weight is 448 g/mol. The molecule has 0 fully saturated rings. The molecule has 1 atom stereocenters.